The molecule has 4 rings (SSSR count). The van der Waals surface area contributed by atoms with Crippen LogP contribution in [0.5, 0.6) is 5.75 Å². The number of hydrogen-bond donors (Lipinski definition) is 0. The van der Waals surface area contributed by atoms with Crippen molar-refractivity contribution >= 4 is 33.4 Å². The van der Waals surface area contributed by atoms with Gasteiger partial charge in [0.25, 0.3) is 0 Å². The number of carbonyl (C=O) groups is 1. The SMILES string of the molecule is COc1ccc(S(=O)(=O)N2CCCC(C(=O)N3CCC(C)Sc4ccccc43)C2)cc1. The zero-order valence-corrected chi connectivity index (χ0v) is 19.5. The van der Waals surface area contributed by atoms with Crippen LogP contribution in [0.4, 0.5) is 5.69 Å². The molecule has 0 N–H and O–H groups in total. The normalized spacial score (nSPS) is 22.5. The van der Waals surface area contributed by atoms with E-state index in [1.807, 2.05) is 23.1 Å². The fraction of sp³-hybridized carbons (Fsp3) is 0.435. The van der Waals surface area contributed by atoms with E-state index in [1.165, 1.54) is 4.31 Å². The van der Waals surface area contributed by atoms with Crippen molar-refractivity contribution in [3.8, 4) is 5.75 Å². The number of amides is 1. The highest BCUT2D eigenvalue weighted by Gasteiger charge is 2.36. The van der Waals surface area contributed by atoms with E-state index in [0.29, 0.717) is 36.9 Å². The highest BCUT2D eigenvalue weighted by atomic mass is 32.2. The van der Waals surface area contributed by atoms with Gasteiger partial charge < -0.3 is 9.64 Å². The van der Waals surface area contributed by atoms with E-state index in [0.717, 1.165) is 17.0 Å². The van der Waals surface area contributed by atoms with Crippen molar-refractivity contribution in [1.29, 1.82) is 0 Å². The summed E-state index contributed by atoms with van der Waals surface area (Å²) in [5.41, 5.74) is 0.942. The molecule has 31 heavy (non-hydrogen) atoms. The third kappa shape index (κ3) is 4.61. The van der Waals surface area contributed by atoms with Gasteiger partial charge in [-0.2, -0.15) is 4.31 Å². The second kappa shape index (κ2) is 9.22. The van der Waals surface area contributed by atoms with E-state index in [2.05, 4.69) is 13.0 Å². The zero-order chi connectivity index (χ0) is 22.0. The number of carbonyl (C=O) groups excluding carboxylic acids is 1. The standard InChI is InChI=1S/C23H28N2O4S2/c1-17-13-15-25(21-7-3-4-8-22(21)30-17)23(26)18-6-5-14-24(16-18)31(27,28)20-11-9-19(29-2)10-12-20/h3-4,7-12,17-18H,5-6,13-16H2,1-2H3. The topological polar surface area (TPSA) is 66.9 Å². The summed E-state index contributed by atoms with van der Waals surface area (Å²) in [6, 6.07) is 14.4. The predicted octanol–water partition coefficient (Wildman–Crippen LogP) is 4.01. The number of methoxy groups -OCH3 is 1. The van der Waals surface area contributed by atoms with Gasteiger partial charge in [0.2, 0.25) is 15.9 Å². The molecule has 0 radical (unpaired) electrons. The largest absolute Gasteiger partial charge is 0.497 e. The highest BCUT2D eigenvalue weighted by Crippen LogP contribution is 2.38. The number of sulfonamides is 1. The van der Waals surface area contributed by atoms with E-state index in [1.54, 1.807) is 43.1 Å². The zero-order valence-electron chi connectivity index (χ0n) is 17.9. The number of benzene rings is 2. The van der Waals surface area contributed by atoms with Gasteiger partial charge in [-0.1, -0.05) is 19.1 Å². The first-order valence-corrected chi connectivity index (χ1v) is 12.9. The molecule has 1 saturated heterocycles. The Morgan fingerprint density at radius 2 is 1.81 bits per heavy atom. The molecule has 2 aromatic rings. The van der Waals surface area contributed by atoms with E-state index < -0.39 is 10.0 Å². The Kier molecular flexibility index (Phi) is 6.60. The lowest BCUT2D eigenvalue weighted by Crippen LogP contribution is -2.47. The molecule has 0 aliphatic carbocycles. The molecule has 1 amide bonds. The fourth-order valence-electron chi connectivity index (χ4n) is 4.20. The first-order chi connectivity index (χ1) is 14.9. The van der Waals surface area contributed by atoms with Crippen molar-refractivity contribution in [2.24, 2.45) is 5.92 Å². The number of para-hydroxylation sites is 1. The fourth-order valence-corrected chi connectivity index (χ4v) is 6.83. The van der Waals surface area contributed by atoms with Crippen LogP contribution >= 0.6 is 11.8 Å². The van der Waals surface area contributed by atoms with E-state index in [-0.39, 0.29) is 23.3 Å². The number of piperidine rings is 1. The summed E-state index contributed by atoms with van der Waals surface area (Å²) in [5.74, 6) is 0.294. The Hall–Kier alpha value is -2.03. The van der Waals surface area contributed by atoms with Crippen LogP contribution in [-0.4, -0.2) is 50.6 Å². The summed E-state index contributed by atoms with van der Waals surface area (Å²) in [5, 5.41) is 0.428. The minimum Gasteiger partial charge on any atom is -0.497 e. The second-order valence-corrected chi connectivity index (χ2v) is 11.5. The van der Waals surface area contributed by atoms with Crippen LogP contribution in [0, 0.1) is 5.92 Å². The molecule has 166 valence electrons. The van der Waals surface area contributed by atoms with Gasteiger partial charge in [-0.3, -0.25) is 4.79 Å². The Bertz CT molecular complexity index is 1040. The van der Waals surface area contributed by atoms with Gasteiger partial charge in [-0.15, -0.1) is 11.8 Å². The number of rotatable bonds is 4. The van der Waals surface area contributed by atoms with Crippen molar-refractivity contribution in [1.82, 2.24) is 4.31 Å². The molecule has 6 nitrogen and oxygen atoms in total. The van der Waals surface area contributed by atoms with Crippen molar-refractivity contribution in [2.45, 2.75) is 41.2 Å². The Labute approximate surface area is 188 Å². The molecule has 0 spiro atoms. The van der Waals surface area contributed by atoms with Gasteiger partial charge in [0, 0.05) is 29.8 Å². The molecule has 0 aromatic heterocycles. The number of hydrogen-bond acceptors (Lipinski definition) is 5. The Morgan fingerprint density at radius 1 is 1.06 bits per heavy atom. The molecule has 1 fully saturated rings. The highest BCUT2D eigenvalue weighted by molar-refractivity contribution is 8.00. The van der Waals surface area contributed by atoms with Crippen molar-refractivity contribution in [3.05, 3.63) is 48.5 Å². The maximum absolute atomic E-state index is 13.5. The van der Waals surface area contributed by atoms with Crippen LogP contribution < -0.4 is 9.64 Å². The summed E-state index contributed by atoms with van der Waals surface area (Å²) < 4.78 is 33.0. The molecule has 2 heterocycles. The molecule has 2 aliphatic heterocycles. The summed E-state index contributed by atoms with van der Waals surface area (Å²) in [6.07, 6.45) is 2.28. The molecular weight excluding hydrogens is 432 g/mol. The average molecular weight is 461 g/mol. The van der Waals surface area contributed by atoms with Gasteiger partial charge in [0.1, 0.15) is 5.75 Å². The van der Waals surface area contributed by atoms with Gasteiger partial charge in [-0.25, -0.2) is 8.42 Å². The summed E-state index contributed by atoms with van der Waals surface area (Å²) in [7, 11) is -2.11. The third-order valence-electron chi connectivity index (χ3n) is 5.94. The van der Waals surface area contributed by atoms with Crippen LogP contribution in [0.3, 0.4) is 0 Å². The van der Waals surface area contributed by atoms with Gasteiger partial charge >= 0.3 is 0 Å². The maximum atomic E-state index is 13.5. The maximum Gasteiger partial charge on any atom is 0.243 e. The quantitative estimate of drug-likeness (QED) is 0.690. The van der Waals surface area contributed by atoms with Crippen LogP contribution in [0.2, 0.25) is 0 Å². The molecule has 2 aromatic carbocycles. The first-order valence-electron chi connectivity index (χ1n) is 10.6. The number of ether oxygens (including phenoxy) is 1. The summed E-state index contributed by atoms with van der Waals surface area (Å²) in [6.45, 7) is 3.49. The molecule has 8 heteroatoms. The summed E-state index contributed by atoms with van der Waals surface area (Å²) >= 11 is 1.80. The molecular formula is C23H28N2O4S2. The third-order valence-corrected chi connectivity index (χ3v) is 9.06. The van der Waals surface area contributed by atoms with Crippen molar-refractivity contribution < 1.29 is 17.9 Å². The number of thioether (sulfide) groups is 1. The van der Waals surface area contributed by atoms with Crippen LogP contribution in [-0.2, 0) is 14.8 Å². The average Bonchev–Trinajstić information content (AvgIpc) is 2.97. The van der Waals surface area contributed by atoms with E-state index in [9.17, 15) is 13.2 Å². The van der Waals surface area contributed by atoms with Crippen molar-refractivity contribution in [2.75, 3.05) is 31.6 Å². The lowest BCUT2D eigenvalue weighted by molar-refractivity contribution is -0.123. The Balaban J connectivity index is 1.55. The predicted molar refractivity (Wildman–Crippen MR) is 123 cm³/mol. The van der Waals surface area contributed by atoms with Gasteiger partial charge in [0.05, 0.1) is 23.6 Å². The van der Waals surface area contributed by atoms with Gasteiger partial charge in [-0.05, 0) is 55.7 Å². The number of anilines is 1. The van der Waals surface area contributed by atoms with Crippen molar-refractivity contribution in [3.63, 3.8) is 0 Å². The number of nitrogens with zero attached hydrogens (tertiary/aromatic N) is 2. The van der Waals surface area contributed by atoms with E-state index >= 15 is 0 Å². The lowest BCUT2D eigenvalue weighted by Gasteiger charge is -2.34. The van der Waals surface area contributed by atoms with Gasteiger partial charge in [0.15, 0.2) is 0 Å². The lowest BCUT2D eigenvalue weighted by atomic mass is 9.97. The Morgan fingerprint density at radius 3 is 2.55 bits per heavy atom. The number of fused-ring (bicyclic) bond motifs is 1. The van der Waals surface area contributed by atoms with Crippen LogP contribution in [0.15, 0.2) is 58.3 Å². The minimum absolute atomic E-state index is 0.0248. The molecule has 2 atom stereocenters. The van der Waals surface area contributed by atoms with Crippen LogP contribution in [0.25, 0.3) is 0 Å². The van der Waals surface area contributed by atoms with E-state index in [4.69, 9.17) is 4.74 Å². The monoisotopic (exact) mass is 460 g/mol. The second-order valence-electron chi connectivity index (χ2n) is 8.05. The molecule has 2 aliphatic rings. The smallest absolute Gasteiger partial charge is 0.243 e. The molecule has 2 unspecified atom stereocenters. The molecule has 0 bridgehead atoms. The van der Waals surface area contributed by atoms with Crippen LogP contribution in [0.1, 0.15) is 26.2 Å². The first kappa shape index (κ1) is 22.2. The summed E-state index contributed by atoms with van der Waals surface area (Å²) in [4.78, 5) is 16.8. The molecule has 0 saturated carbocycles. The minimum atomic E-state index is -3.66.